The zero-order valence-corrected chi connectivity index (χ0v) is 12.7. The predicted octanol–water partition coefficient (Wildman–Crippen LogP) is 1.43. The number of benzene rings is 1. The molecule has 1 aromatic carbocycles. The lowest BCUT2D eigenvalue weighted by Crippen LogP contribution is -2.39. The largest absolute Gasteiger partial charge is 0.481 e. The molecule has 1 N–H and O–H groups in total. The summed E-state index contributed by atoms with van der Waals surface area (Å²) in [5.74, 6) is -1.10. The van der Waals surface area contributed by atoms with Gasteiger partial charge in [0.25, 0.3) is 0 Å². The highest BCUT2D eigenvalue weighted by Crippen LogP contribution is 2.38. The van der Waals surface area contributed by atoms with Crippen molar-refractivity contribution in [2.75, 3.05) is 30.3 Å². The first-order chi connectivity index (χ1) is 9.95. The van der Waals surface area contributed by atoms with Gasteiger partial charge in [-0.15, -0.1) is 0 Å². The number of rotatable bonds is 6. The maximum absolute atomic E-state index is 12.4. The van der Waals surface area contributed by atoms with Crippen molar-refractivity contribution in [3.63, 3.8) is 0 Å². The van der Waals surface area contributed by atoms with E-state index in [1.165, 1.54) is 11.4 Å². The lowest BCUT2D eigenvalue weighted by molar-refractivity contribution is -0.137. The summed E-state index contributed by atoms with van der Waals surface area (Å²) in [7, 11) is -1.99. The number of carboxylic acids is 1. The number of carboxylic acid groups (broad SMARTS) is 1. The van der Waals surface area contributed by atoms with Crippen LogP contribution in [0.2, 0.25) is 0 Å². The lowest BCUT2D eigenvalue weighted by atomic mass is 9.88. The predicted molar refractivity (Wildman–Crippen MR) is 79.1 cm³/mol. The van der Waals surface area contributed by atoms with E-state index in [-0.39, 0.29) is 24.7 Å². The highest BCUT2D eigenvalue weighted by molar-refractivity contribution is 7.92. The number of fused-ring (bicyclic) bond motifs is 1. The standard InChI is InChI=1S/C14H19NO5S/c1-20-8-9-21(18,19)15-7-6-11(10-14(16)17)12-4-2-3-5-13(12)15/h2-5,11H,6-10H2,1H3,(H,16,17). The molecule has 21 heavy (non-hydrogen) atoms. The number of nitrogens with zero attached hydrogens (tertiary/aromatic N) is 1. The van der Waals surface area contributed by atoms with Crippen LogP contribution in [-0.2, 0) is 19.6 Å². The van der Waals surface area contributed by atoms with Gasteiger partial charge in [0, 0.05) is 13.7 Å². The van der Waals surface area contributed by atoms with Crippen LogP contribution in [-0.4, -0.2) is 45.5 Å². The summed E-state index contributed by atoms with van der Waals surface area (Å²) in [4.78, 5) is 10.9. The van der Waals surface area contributed by atoms with Crippen LogP contribution < -0.4 is 4.31 Å². The molecule has 1 heterocycles. The smallest absolute Gasteiger partial charge is 0.303 e. The molecule has 0 fully saturated rings. The lowest BCUT2D eigenvalue weighted by Gasteiger charge is -2.34. The van der Waals surface area contributed by atoms with E-state index >= 15 is 0 Å². The van der Waals surface area contributed by atoms with Crippen molar-refractivity contribution in [2.24, 2.45) is 0 Å². The minimum Gasteiger partial charge on any atom is -0.481 e. The Balaban J connectivity index is 2.33. The molecule has 0 aromatic heterocycles. The molecule has 2 rings (SSSR count). The van der Waals surface area contributed by atoms with Crippen molar-refractivity contribution in [1.29, 1.82) is 0 Å². The highest BCUT2D eigenvalue weighted by atomic mass is 32.2. The second-order valence-corrected chi connectivity index (χ2v) is 7.04. The van der Waals surface area contributed by atoms with Gasteiger partial charge in [-0.3, -0.25) is 9.10 Å². The second-order valence-electron chi connectivity index (χ2n) is 5.02. The molecule has 0 saturated carbocycles. The van der Waals surface area contributed by atoms with Crippen LogP contribution in [0.15, 0.2) is 24.3 Å². The van der Waals surface area contributed by atoms with Crippen LogP contribution in [0.25, 0.3) is 0 Å². The van der Waals surface area contributed by atoms with Crippen LogP contribution >= 0.6 is 0 Å². The molecule has 7 heteroatoms. The Morgan fingerprint density at radius 1 is 1.43 bits per heavy atom. The molecule has 1 aromatic rings. The summed E-state index contributed by atoms with van der Waals surface area (Å²) in [6.45, 7) is 0.445. The van der Waals surface area contributed by atoms with Gasteiger partial charge in [-0.25, -0.2) is 8.42 Å². The van der Waals surface area contributed by atoms with E-state index in [0.29, 0.717) is 18.7 Å². The Morgan fingerprint density at radius 3 is 2.81 bits per heavy atom. The fourth-order valence-corrected chi connectivity index (χ4v) is 4.07. The molecule has 1 unspecified atom stereocenters. The fourth-order valence-electron chi connectivity index (χ4n) is 2.62. The van der Waals surface area contributed by atoms with Gasteiger partial charge in [0.05, 0.1) is 24.5 Å². The van der Waals surface area contributed by atoms with Crippen LogP contribution in [0.1, 0.15) is 24.3 Å². The van der Waals surface area contributed by atoms with Crippen molar-refractivity contribution in [3.05, 3.63) is 29.8 Å². The van der Waals surface area contributed by atoms with E-state index in [4.69, 9.17) is 9.84 Å². The summed E-state index contributed by atoms with van der Waals surface area (Å²) in [6, 6.07) is 7.11. The van der Waals surface area contributed by atoms with E-state index in [1.54, 1.807) is 24.3 Å². The SMILES string of the molecule is COCCS(=O)(=O)N1CCC(CC(=O)O)c2ccccc21. The molecule has 0 saturated heterocycles. The molecular formula is C14H19NO5S. The summed E-state index contributed by atoms with van der Waals surface area (Å²) < 4.78 is 31.0. The Bertz CT molecular complexity index is 614. The van der Waals surface area contributed by atoms with Crippen molar-refractivity contribution in [3.8, 4) is 0 Å². The number of ether oxygens (including phenoxy) is 1. The van der Waals surface area contributed by atoms with Crippen molar-refractivity contribution in [1.82, 2.24) is 0 Å². The van der Waals surface area contributed by atoms with Crippen LogP contribution in [0, 0.1) is 0 Å². The van der Waals surface area contributed by atoms with Gasteiger partial charge in [0.15, 0.2) is 0 Å². The number of carbonyl (C=O) groups is 1. The molecule has 116 valence electrons. The normalized spacial score (nSPS) is 18.3. The Labute approximate surface area is 124 Å². The molecule has 0 bridgehead atoms. The molecule has 1 atom stereocenters. The molecule has 0 radical (unpaired) electrons. The second kappa shape index (κ2) is 6.44. The third-order valence-corrected chi connectivity index (χ3v) is 5.36. The average molecular weight is 313 g/mol. The molecule has 6 nitrogen and oxygen atoms in total. The fraction of sp³-hybridized carbons (Fsp3) is 0.500. The van der Waals surface area contributed by atoms with Gasteiger partial charge in [-0.05, 0) is 24.0 Å². The molecule has 0 amide bonds. The van der Waals surface area contributed by atoms with Crippen molar-refractivity contribution >= 4 is 21.7 Å². The molecule has 1 aliphatic heterocycles. The average Bonchev–Trinajstić information content (AvgIpc) is 2.45. The van der Waals surface area contributed by atoms with Gasteiger partial charge in [0.1, 0.15) is 0 Å². The summed E-state index contributed by atoms with van der Waals surface area (Å²) in [6.07, 6.45) is 0.526. The molecule has 1 aliphatic rings. The maximum atomic E-state index is 12.4. The third-order valence-electron chi connectivity index (χ3n) is 3.63. The molecular weight excluding hydrogens is 294 g/mol. The first-order valence-electron chi connectivity index (χ1n) is 6.76. The van der Waals surface area contributed by atoms with E-state index in [1.807, 2.05) is 0 Å². The molecule has 0 spiro atoms. The highest BCUT2D eigenvalue weighted by Gasteiger charge is 2.32. The number of hydrogen-bond acceptors (Lipinski definition) is 4. The monoisotopic (exact) mass is 313 g/mol. The Hall–Kier alpha value is -1.60. The first kappa shape index (κ1) is 15.8. The number of hydrogen-bond donors (Lipinski definition) is 1. The number of methoxy groups -OCH3 is 1. The molecule has 0 aliphatic carbocycles. The number of sulfonamides is 1. The zero-order chi connectivity index (χ0) is 15.5. The summed E-state index contributed by atoms with van der Waals surface area (Å²) >= 11 is 0. The van der Waals surface area contributed by atoms with Crippen molar-refractivity contribution < 1.29 is 23.1 Å². The number of anilines is 1. The van der Waals surface area contributed by atoms with Crippen LogP contribution in [0.4, 0.5) is 5.69 Å². The van der Waals surface area contributed by atoms with E-state index in [9.17, 15) is 13.2 Å². The van der Waals surface area contributed by atoms with E-state index in [2.05, 4.69) is 0 Å². The summed E-state index contributed by atoms with van der Waals surface area (Å²) in [5.41, 5.74) is 1.37. The van der Waals surface area contributed by atoms with Crippen molar-refractivity contribution in [2.45, 2.75) is 18.8 Å². The minimum atomic E-state index is -3.45. The van der Waals surface area contributed by atoms with Gasteiger partial charge in [-0.2, -0.15) is 0 Å². The topological polar surface area (TPSA) is 83.9 Å². The van der Waals surface area contributed by atoms with Gasteiger partial charge >= 0.3 is 5.97 Å². The van der Waals surface area contributed by atoms with Crippen LogP contribution in [0.3, 0.4) is 0 Å². The van der Waals surface area contributed by atoms with Gasteiger partial charge in [0.2, 0.25) is 10.0 Å². The van der Waals surface area contributed by atoms with Gasteiger partial charge < -0.3 is 9.84 Å². The Morgan fingerprint density at radius 2 is 2.14 bits per heavy atom. The Kier molecular flexibility index (Phi) is 4.84. The third kappa shape index (κ3) is 3.54. The van der Waals surface area contributed by atoms with E-state index in [0.717, 1.165) is 5.56 Å². The minimum absolute atomic E-state index is 0.0168. The summed E-state index contributed by atoms with van der Waals surface area (Å²) in [5, 5.41) is 8.98. The van der Waals surface area contributed by atoms with Crippen LogP contribution in [0.5, 0.6) is 0 Å². The number of aliphatic carboxylic acids is 1. The van der Waals surface area contributed by atoms with E-state index < -0.39 is 16.0 Å². The zero-order valence-electron chi connectivity index (χ0n) is 11.9. The maximum Gasteiger partial charge on any atom is 0.303 e. The van der Waals surface area contributed by atoms with Gasteiger partial charge in [-0.1, -0.05) is 18.2 Å². The number of para-hydroxylation sites is 1. The quantitative estimate of drug-likeness (QED) is 0.859. The first-order valence-corrected chi connectivity index (χ1v) is 8.36.